The molecule has 2 rings (SSSR count). The molecule has 0 radical (unpaired) electrons. The Morgan fingerprint density at radius 1 is 1.12 bits per heavy atom. The van der Waals surface area contributed by atoms with Crippen LogP contribution in [0.5, 0.6) is 5.75 Å². The molecule has 17 heavy (non-hydrogen) atoms. The van der Waals surface area contributed by atoms with Crippen LogP contribution in [0, 0.1) is 0 Å². The predicted molar refractivity (Wildman–Crippen MR) is 71.2 cm³/mol. The molecule has 3 heteroatoms. The second-order valence-corrected chi connectivity index (χ2v) is 4.45. The molecule has 0 amide bonds. The van der Waals surface area contributed by atoms with E-state index in [-0.39, 0.29) is 11.8 Å². The smallest absolute Gasteiger partial charge is 0.123 e. The fraction of sp³-hybridized carbons (Fsp3) is 0.143. The summed E-state index contributed by atoms with van der Waals surface area (Å²) in [5.74, 6) is 0.219. The van der Waals surface area contributed by atoms with Crippen LogP contribution in [0.4, 0.5) is 0 Å². The second-order valence-electron chi connectivity index (χ2n) is 4.05. The Hall–Kier alpha value is -1.51. The average molecular weight is 248 g/mol. The molecule has 0 bridgehead atoms. The summed E-state index contributed by atoms with van der Waals surface area (Å²) >= 11 is 6.16. The average Bonchev–Trinajstić information content (AvgIpc) is 2.30. The molecule has 2 aromatic carbocycles. The summed E-state index contributed by atoms with van der Waals surface area (Å²) in [6, 6.07) is 12.7. The Morgan fingerprint density at radius 3 is 2.47 bits per heavy atom. The van der Waals surface area contributed by atoms with E-state index in [1.807, 2.05) is 37.3 Å². The molecule has 2 nitrogen and oxygen atoms in total. The summed E-state index contributed by atoms with van der Waals surface area (Å²) < 4.78 is 0. The highest BCUT2D eigenvalue weighted by Gasteiger charge is 2.10. The minimum Gasteiger partial charge on any atom is -0.507 e. The van der Waals surface area contributed by atoms with Crippen molar-refractivity contribution < 1.29 is 5.11 Å². The number of aromatic hydroxyl groups is 1. The van der Waals surface area contributed by atoms with E-state index in [4.69, 9.17) is 17.3 Å². The highest BCUT2D eigenvalue weighted by molar-refractivity contribution is 6.33. The molecule has 0 saturated heterocycles. The number of nitrogens with two attached hydrogens (primary N) is 1. The fourth-order valence-corrected chi connectivity index (χ4v) is 1.95. The molecule has 88 valence electrons. The quantitative estimate of drug-likeness (QED) is 0.849. The fourth-order valence-electron chi connectivity index (χ4n) is 1.73. The summed E-state index contributed by atoms with van der Waals surface area (Å²) in [6.07, 6.45) is 0. The topological polar surface area (TPSA) is 46.2 Å². The number of rotatable bonds is 2. The molecule has 0 aliphatic rings. The molecule has 2 aromatic rings. The Balaban J connectivity index is 2.59. The summed E-state index contributed by atoms with van der Waals surface area (Å²) in [6.45, 7) is 1.91. The van der Waals surface area contributed by atoms with Gasteiger partial charge in [0.25, 0.3) is 0 Å². The molecule has 0 aliphatic heterocycles. The zero-order chi connectivity index (χ0) is 12.4. The lowest BCUT2D eigenvalue weighted by molar-refractivity contribution is 0.477. The minimum atomic E-state index is -0.0585. The normalized spacial score (nSPS) is 12.4. The van der Waals surface area contributed by atoms with E-state index in [2.05, 4.69) is 0 Å². The Bertz CT molecular complexity index is 537. The van der Waals surface area contributed by atoms with Crippen molar-refractivity contribution in [1.29, 1.82) is 0 Å². The molecule has 0 heterocycles. The van der Waals surface area contributed by atoms with Crippen LogP contribution in [-0.2, 0) is 0 Å². The zero-order valence-electron chi connectivity index (χ0n) is 9.52. The van der Waals surface area contributed by atoms with Crippen LogP contribution in [0.25, 0.3) is 11.1 Å². The summed E-state index contributed by atoms with van der Waals surface area (Å²) in [4.78, 5) is 0. The van der Waals surface area contributed by atoms with Crippen molar-refractivity contribution in [2.45, 2.75) is 13.0 Å². The standard InChI is InChI=1S/C14H14ClNO/c1-9(16)10-6-7-13(15)12(8-10)11-4-2-3-5-14(11)17/h2-9,17H,16H2,1H3. The molecular weight excluding hydrogens is 234 g/mol. The molecule has 0 fully saturated rings. The monoisotopic (exact) mass is 247 g/mol. The van der Waals surface area contributed by atoms with Gasteiger partial charge in [-0.05, 0) is 30.7 Å². The van der Waals surface area contributed by atoms with E-state index < -0.39 is 0 Å². The van der Waals surface area contributed by atoms with Crippen molar-refractivity contribution >= 4 is 11.6 Å². The number of hydrogen-bond acceptors (Lipinski definition) is 2. The van der Waals surface area contributed by atoms with Gasteiger partial charge in [0, 0.05) is 22.2 Å². The van der Waals surface area contributed by atoms with Gasteiger partial charge in [-0.1, -0.05) is 35.9 Å². The van der Waals surface area contributed by atoms with Crippen molar-refractivity contribution in [3.63, 3.8) is 0 Å². The Kier molecular flexibility index (Phi) is 3.36. The van der Waals surface area contributed by atoms with Gasteiger partial charge < -0.3 is 10.8 Å². The van der Waals surface area contributed by atoms with E-state index in [0.29, 0.717) is 5.02 Å². The summed E-state index contributed by atoms with van der Waals surface area (Å²) in [5.41, 5.74) is 8.36. The summed E-state index contributed by atoms with van der Waals surface area (Å²) in [5, 5.41) is 10.4. The van der Waals surface area contributed by atoms with Gasteiger partial charge in [-0.3, -0.25) is 0 Å². The van der Waals surface area contributed by atoms with E-state index in [1.165, 1.54) is 0 Å². The number of phenolic OH excluding ortho intramolecular Hbond substituents is 1. The first-order valence-corrected chi connectivity index (χ1v) is 5.81. The SMILES string of the molecule is CC(N)c1ccc(Cl)c(-c2ccccc2O)c1. The van der Waals surface area contributed by atoms with E-state index in [9.17, 15) is 5.11 Å². The molecule has 0 aromatic heterocycles. The number of phenols is 1. The van der Waals surface area contributed by atoms with Crippen LogP contribution in [0.3, 0.4) is 0 Å². The Labute approximate surface area is 106 Å². The predicted octanol–water partition coefficient (Wildman–Crippen LogP) is 3.73. The number of para-hydroxylation sites is 1. The van der Waals surface area contributed by atoms with Crippen molar-refractivity contribution in [2.75, 3.05) is 0 Å². The lowest BCUT2D eigenvalue weighted by Gasteiger charge is -2.11. The van der Waals surface area contributed by atoms with Crippen molar-refractivity contribution in [3.05, 3.63) is 53.1 Å². The van der Waals surface area contributed by atoms with Gasteiger partial charge in [0.2, 0.25) is 0 Å². The first-order chi connectivity index (χ1) is 8.09. The molecule has 3 N–H and O–H groups in total. The van der Waals surface area contributed by atoms with Crippen molar-refractivity contribution in [3.8, 4) is 16.9 Å². The highest BCUT2D eigenvalue weighted by atomic mass is 35.5. The van der Waals surface area contributed by atoms with Crippen LogP contribution in [-0.4, -0.2) is 5.11 Å². The van der Waals surface area contributed by atoms with Crippen LogP contribution < -0.4 is 5.73 Å². The molecule has 1 atom stereocenters. The molecule has 0 aliphatic carbocycles. The minimum absolute atomic E-state index is 0.0585. The van der Waals surface area contributed by atoms with Crippen molar-refractivity contribution in [1.82, 2.24) is 0 Å². The van der Waals surface area contributed by atoms with Gasteiger partial charge in [-0.15, -0.1) is 0 Å². The third-order valence-corrected chi connectivity index (χ3v) is 3.04. The third-order valence-electron chi connectivity index (χ3n) is 2.71. The summed E-state index contributed by atoms with van der Waals surface area (Å²) in [7, 11) is 0. The Morgan fingerprint density at radius 2 is 1.82 bits per heavy atom. The number of hydrogen-bond donors (Lipinski definition) is 2. The largest absolute Gasteiger partial charge is 0.507 e. The first-order valence-electron chi connectivity index (χ1n) is 5.43. The lowest BCUT2D eigenvalue weighted by atomic mass is 10.00. The highest BCUT2D eigenvalue weighted by Crippen LogP contribution is 2.35. The molecule has 0 saturated carbocycles. The maximum atomic E-state index is 9.83. The van der Waals surface area contributed by atoms with Crippen LogP contribution in [0.2, 0.25) is 5.02 Å². The zero-order valence-corrected chi connectivity index (χ0v) is 10.3. The molecule has 1 unspecified atom stereocenters. The van der Waals surface area contributed by atoms with Gasteiger partial charge in [0.15, 0.2) is 0 Å². The third kappa shape index (κ3) is 2.43. The maximum absolute atomic E-state index is 9.83. The van der Waals surface area contributed by atoms with Crippen LogP contribution in [0.1, 0.15) is 18.5 Å². The van der Waals surface area contributed by atoms with Gasteiger partial charge in [0.05, 0.1) is 0 Å². The van der Waals surface area contributed by atoms with Gasteiger partial charge in [-0.25, -0.2) is 0 Å². The lowest BCUT2D eigenvalue weighted by Crippen LogP contribution is -2.04. The van der Waals surface area contributed by atoms with E-state index in [1.54, 1.807) is 12.1 Å². The number of halogens is 1. The first kappa shape index (κ1) is 12.0. The van der Waals surface area contributed by atoms with Crippen molar-refractivity contribution in [2.24, 2.45) is 5.73 Å². The second kappa shape index (κ2) is 4.78. The van der Waals surface area contributed by atoms with Gasteiger partial charge >= 0.3 is 0 Å². The molecular formula is C14H14ClNO. The van der Waals surface area contributed by atoms with Crippen LogP contribution in [0.15, 0.2) is 42.5 Å². The van der Waals surface area contributed by atoms with Crippen LogP contribution >= 0.6 is 11.6 Å². The van der Waals surface area contributed by atoms with E-state index >= 15 is 0 Å². The number of benzene rings is 2. The molecule has 0 spiro atoms. The maximum Gasteiger partial charge on any atom is 0.123 e. The van der Waals surface area contributed by atoms with Gasteiger partial charge in [0.1, 0.15) is 5.75 Å². The van der Waals surface area contributed by atoms with E-state index in [0.717, 1.165) is 16.7 Å². The van der Waals surface area contributed by atoms with Gasteiger partial charge in [-0.2, -0.15) is 0 Å².